The lowest BCUT2D eigenvalue weighted by Crippen LogP contribution is -2.17. The van der Waals surface area contributed by atoms with Crippen molar-refractivity contribution in [1.82, 2.24) is 10.3 Å². The third-order valence-electron chi connectivity index (χ3n) is 3.41. The summed E-state index contributed by atoms with van der Waals surface area (Å²) in [6.45, 7) is 5.41. The van der Waals surface area contributed by atoms with E-state index in [1.54, 1.807) is 11.3 Å². The summed E-state index contributed by atoms with van der Waals surface area (Å²) in [5, 5.41) is 4.63. The van der Waals surface area contributed by atoms with Gasteiger partial charge in [-0.1, -0.05) is 13.0 Å². The number of hydrogen-bond acceptors (Lipinski definition) is 5. The van der Waals surface area contributed by atoms with Crippen LogP contribution in [0.4, 0.5) is 0 Å². The van der Waals surface area contributed by atoms with Crippen molar-refractivity contribution >= 4 is 11.3 Å². The van der Waals surface area contributed by atoms with Gasteiger partial charge in [0.05, 0.1) is 0 Å². The lowest BCUT2D eigenvalue weighted by molar-refractivity contribution is 0.174. The second-order valence-corrected chi connectivity index (χ2v) is 5.99. The molecular formula is C15H18N2O2S. The van der Waals surface area contributed by atoms with Crippen LogP contribution in [0.1, 0.15) is 35.3 Å². The van der Waals surface area contributed by atoms with Crippen LogP contribution in [-0.4, -0.2) is 11.8 Å². The van der Waals surface area contributed by atoms with Gasteiger partial charge in [0.15, 0.2) is 11.5 Å². The predicted molar refractivity (Wildman–Crippen MR) is 79.3 cm³/mol. The molecule has 1 N–H and O–H groups in total. The number of aromatic nitrogens is 1. The van der Waals surface area contributed by atoms with Crippen LogP contribution in [0.25, 0.3) is 0 Å². The Labute approximate surface area is 122 Å². The first-order valence-corrected chi connectivity index (χ1v) is 7.64. The average Bonchev–Trinajstić information content (AvgIpc) is 3.12. The maximum absolute atomic E-state index is 5.41. The summed E-state index contributed by atoms with van der Waals surface area (Å²) in [5.41, 5.74) is 1.20. The first-order valence-electron chi connectivity index (χ1n) is 6.82. The number of benzene rings is 1. The number of thiazole rings is 1. The van der Waals surface area contributed by atoms with Crippen LogP contribution < -0.4 is 14.8 Å². The van der Waals surface area contributed by atoms with E-state index >= 15 is 0 Å². The van der Waals surface area contributed by atoms with Gasteiger partial charge in [-0.05, 0) is 31.0 Å². The summed E-state index contributed by atoms with van der Waals surface area (Å²) in [6, 6.07) is 6.33. The Balaban J connectivity index is 1.62. The van der Waals surface area contributed by atoms with E-state index in [2.05, 4.69) is 30.2 Å². The molecule has 3 rings (SSSR count). The smallest absolute Gasteiger partial charge is 0.231 e. The fourth-order valence-electron chi connectivity index (χ4n) is 2.13. The molecule has 20 heavy (non-hydrogen) atoms. The van der Waals surface area contributed by atoms with Gasteiger partial charge in [0.2, 0.25) is 6.79 Å². The SMILES string of the molecule is CCc1cnc(CNC(C)c2ccc3c(c2)OCO3)s1. The Bertz CT molecular complexity index is 597. The van der Waals surface area contributed by atoms with Crippen LogP contribution in [0, 0.1) is 0 Å². The largest absolute Gasteiger partial charge is 0.454 e. The summed E-state index contributed by atoms with van der Waals surface area (Å²) in [7, 11) is 0. The highest BCUT2D eigenvalue weighted by Gasteiger charge is 2.15. The molecule has 2 aromatic rings. The van der Waals surface area contributed by atoms with E-state index in [1.165, 1.54) is 10.4 Å². The van der Waals surface area contributed by atoms with Crippen LogP contribution in [0.5, 0.6) is 11.5 Å². The molecule has 0 saturated carbocycles. The Morgan fingerprint density at radius 3 is 3.00 bits per heavy atom. The summed E-state index contributed by atoms with van der Waals surface area (Å²) >= 11 is 1.77. The topological polar surface area (TPSA) is 43.4 Å². The lowest BCUT2D eigenvalue weighted by Gasteiger charge is -2.13. The van der Waals surface area contributed by atoms with Crippen molar-refractivity contribution in [2.75, 3.05) is 6.79 Å². The second-order valence-electron chi connectivity index (χ2n) is 4.79. The van der Waals surface area contributed by atoms with Gasteiger partial charge < -0.3 is 14.8 Å². The minimum absolute atomic E-state index is 0.249. The molecule has 0 aliphatic carbocycles. The number of nitrogens with zero attached hydrogens (tertiary/aromatic N) is 1. The third kappa shape index (κ3) is 2.78. The molecule has 1 aromatic heterocycles. The number of aryl methyl sites for hydroxylation is 1. The maximum Gasteiger partial charge on any atom is 0.231 e. The zero-order chi connectivity index (χ0) is 13.9. The van der Waals surface area contributed by atoms with E-state index in [9.17, 15) is 0 Å². The standard InChI is InChI=1S/C15H18N2O2S/c1-3-12-7-17-15(20-12)8-16-10(2)11-4-5-13-14(6-11)19-9-18-13/h4-7,10,16H,3,8-9H2,1-2H3. The van der Waals surface area contributed by atoms with Gasteiger partial charge in [0.1, 0.15) is 5.01 Å². The van der Waals surface area contributed by atoms with Crippen molar-refractivity contribution in [2.24, 2.45) is 0 Å². The number of fused-ring (bicyclic) bond motifs is 1. The van der Waals surface area contributed by atoms with Gasteiger partial charge in [0, 0.05) is 23.7 Å². The Kier molecular flexibility index (Phi) is 3.89. The van der Waals surface area contributed by atoms with Gasteiger partial charge in [-0.3, -0.25) is 0 Å². The molecule has 0 fully saturated rings. The molecule has 1 aromatic carbocycles. The fraction of sp³-hybridized carbons (Fsp3) is 0.400. The Hall–Kier alpha value is -1.59. The first kappa shape index (κ1) is 13.4. The van der Waals surface area contributed by atoms with Crippen molar-refractivity contribution in [3.63, 3.8) is 0 Å². The molecule has 1 aliphatic heterocycles. The molecule has 1 aliphatic rings. The minimum atomic E-state index is 0.249. The van der Waals surface area contributed by atoms with Crippen molar-refractivity contribution in [3.05, 3.63) is 39.8 Å². The van der Waals surface area contributed by atoms with Crippen LogP contribution in [0.2, 0.25) is 0 Å². The molecule has 0 saturated heterocycles. The summed E-state index contributed by atoms with van der Waals surface area (Å²) in [5.74, 6) is 1.66. The normalized spacial score (nSPS) is 14.5. The molecule has 106 valence electrons. The van der Waals surface area contributed by atoms with Crippen molar-refractivity contribution in [2.45, 2.75) is 32.9 Å². The molecule has 4 nitrogen and oxygen atoms in total. The summed E-state index contributed by atoms with van der Waals surface area (Å²) in [4.78, 5) is 5.75. The molecule has 1 unspecified atom stereocenters. The molecule has 0 radical (unpaired) electrons. The highest BCUT2D eigenvalue weighted by atomic mass is 32.1. The molecule has 0 amide bonds. The van der Waals surface area contributed by atoms with Crippen LogP contribution in [0.15, 0.2) is 24.4 Å². The van der Waals surface area contributed by atoms with Crippen LogP contribution >= 0.6 is 11.3 Å². The number of hydrogen-bond donors (Lipinski definition) is 1. The van der Waals surface area contributed by atoms with Crippen LogP contribution in [-0.2, 0) is 13.0 Å². The summed E-state index contributed by atoms with van der Waals surface area (Å²) in [6.07, 6.45) is 3.02. The van der Waals surface area contributed by atoms with E-state index in [1.807, 2.05) is 18.3 Å². The van der Waals surface area contributed by atoms with Crippen molar-refractivity contribution in [3.8, 4) is 11.5 Å². The molecule has 1 atom stereocenters. The summed E-state index contributed by atoms with van der Waals surface area (Å²) < 4.78 is 10.7. The van der Waals surface area contributed by atoms with Gasteiger partial charge in [-0.15, -0.1) is 11.3 Å². The fourth-order valence-corrected chi connectivity index (χ4v) is 2.95. The minimum Gasteiger partial charge on any atom is -0.454 e. The van der Waals surface area contributed by atoms with E-state index in [4.69, 9.17) is 9.47 Å². The van der Waals surface area contributed by atoms with E-state index in [-0.39, 0.29) is 6.04 Å². The molecule has 0 bridgehead atoms. The zero-order valence-electron chi connectivity index (χ0n) is 11.7. The van der Waals surface area contributed by atoms with E-state index < -0.39 is 0 Å². The number of rotatable bonds is 5. The van der Waals surface area contributed by atoms with Gasteiger partial charge >= 0.3 is 0 Å². The molecular weight excluding hydrogens is 272 g/mol. The third-order valence-corrected chi connectivity index (χ3v) is 4.55. The quantitative estimate of drug-likeness (QED) is 0.917. The van der Waals surface area contributed by atoms with Gasteiger partial charge in [-0.25, -0.2) is 4.98 Å². The van der Waals surface area contributed by atoms with Gasteiger partial charge in [0.25, 0.3) is 0 Å². The maximum atomic E-state index is 5.41. The predicted octanol–water partition coefficient (Wildman–Crippen LogP) is 3.29. The van der Waals surface area contributed by atoms with E-state index in [0.717, 1.165) is 29.5 Å². The first-order chi connectivity index (χ1) is 9.76. The average molecular weight is 290 g/mol. The number of nitrogens with one attached hydrogen (secondary N) is 1. The monoisotopic (exact) mass is 290 g/mol. The van der Waals surface area contributed by atoms with Crippen molar-refractivity contribution in [1.29, 1.82) is 0 Å². The Morgan fingerprint density at radius 1 is 1.35 bits per heavy atom. The Morgan fingerprint density at radius 2 is 2.20 bits per heavy atom. The zero-order valence-corrected chi connectivity index (χ0v) is 12.5. The van der Waals surface area contributed by atoms with Gasteiger partial charge in [-0.2, -0.15) is 0 Å². The van der Waals surface area contributed by atoms with Crippen molar-refractivity contribution < 1.29 is 9.47 Å². The van der Waals surface area contributed by atoms with E-state index in [0.29, 0.717) is 6.79 Å². The number of ether oxygens (including phenoxy) is 2. The van der Waals surface area contributed by atoms with Crippen LogP contribution in [0.3, 0.4) is 0 Å². The molecule has 0 spiro atoms. The second kappa shape index (κ2) is 5.81. The molecule has 5 heteroatoms. The lowest BCUT2D eigenvalue weighted by atomic mass is 10.1. The molecule has 2 heterocycles. The highest BCUT2D eigenvalue weighted by molar-refractivity contribution is 7.11. The highest BCUT2D eigenvalue weighted by Crippen LogP contribution is 2.34.